The molecular weight excluding hydrogens is 437 g/mol. The van der Waals surface area contributed by atoms with Crippen LogP contribution < -0.4 is 5.32 Å². The Kier molecular flexibility index (Phi) is 20.9. The van der Waals surface area contributed by atoms with Gasteiger partial charge in [0.1, 0.15) is 26.2 Å². The average Bonchev–Trinajstić information content (AvgIpc) is 3.18. The number of rotatable bonds is 24. The molecule has 1 amide bonds. The smallest absolute Gasteiger partial charge is 0.220 e. The molecule has 4 atom stereocenters. The highest BCUT2D eigenvalue weighted by atomic mass is 16.6. The van der Waals surface area contributed by atoms with E-state index in [1.54, 1.807) is 14.2 Å². The van der Waals surface area contributed by atoms with Crippen molar-refractivity contribution in [1.82, 2.24) is 5.32 Å². The first-order valence-electron chi connectivity index (χ1n) is 14.9. The van der Waals surface area contributed by atoms with Gasteiger partial charge in [-0.1, -0.05) is 122 Å². The minimum atomic E-state index is -0.522. The van der Waals surface area contributed by atoms with Crippen LogP contribution in [0.2, 0.25) is 0 Å². The van der Waals surface area contributed by atoms with E-state index in [-0.39, 0.29) is 24.2 Å². The summed E-state index contributed by atoms with van der Waals surface area (Å²) in [7, 11) is 9.14. The van der Waals surface area contributed by atoms with Crippen LogP contribution in [-0.4, -0.2) is 58.8 Å². The molecule has 0 aliphatic carbocycles. The maximum atomic E-state index is 12.1. The lowest BCUT2D eigenvalue weighted by Gasteiger charge is -2.21. The number of ether oxygens (including phenoxy) is 3. The Balaban J connectivity index is 1.82. The first kappa shape index (κ1) is 32.4. The number of amides is 1. The van der Waals surface area contributed by atoms with E-state index in [1.165, 1.54) is 109 Å². The molecule has 2 radical (unpaired) electrons. The molecule has 1 aliphatic rings. The molecule has 0 saturated carbocycles. The fraction of sp³-hybridized carbons (Fsp3) is 0.966. The quantitative estimate of drug-likeness (QED) is 0.118. The van der Waals surface area contributed by atoms with Crippen molar-refractivity contribution in [3.05, 3.63) is 0 Å². The fourth-order valence-corrected chi connectivity index (χ4v) is 5.14. The van der Waals surface area contributed by atoms with Crippen molar-refractivity contribution in [3.8, 4) is 0 Å². The van der Waals surface area contributed by atoms with Gasteiger partial charge < -0.3 is 19.5 Å². The number of nitrogens with one attached hydrogen (secondary N) is 1. The number of hydrogen-bond donors (Lipinski definition) is 1. The minimum Gasteiger partial charge on any atom is -0.377 e. The van der Waals surface area contributed by atoms with Crippen LogP contribution in [0, 0.1) is 0 Å². The summed E-state index contributed by atoms with van der Waals surface area (Å²) in [5.74, 6) is 0.0739. The number of methoxy groups -OCH3 is 2. The van der Waals surface area contributed by atoms with Crippen LogP contribution in [0.5, 0.6) is 0 Å². The molecule has 1 saturated heterocycles. The van der Waals surface area contributed by atoms with Crippen LogP contribution in [0.1, 0.15) is 135 Å². The molecule has 0 spiro atoms. The predicted molar refractivity (Wildman–Crippen MR) is 147 cm³/mol. The Hall–Kier alpha value is -0.585. The summed E-state index contributed by atoms with van der Waals surface area (Å²) < 4.78 is 16.5. The molecular formula is C29H56BNO4. The second kappa shape index (κ2) is 22.6. The van der Waals surface area contributed by atoms with Crippen molar-refractivity contribution in [2.75, 3.05) is 20.8 Å². The molecule has 6 heteroatoms. The lowest BCUT2D eigenvalue weighted by molar-refractivity contribution is -0.122. The van der Waals surface area contributed by atoms with Gasteiger partial charge in [0.25, 0.3) is 0 Å². The zero-order valence-corrected chi connectivity index (χ0v) is 23.4. The Morgan fingerprint density at radius 2 is 1.09 bits per heavy atom. The maximum absolute atomic E-state index is 12.1. The summed E-state index contributed by atoms with van der Waals surface area (Å²) in [6.07, 6.45) is 25.5. The summed E-state index contributed by atoms with van der Waals surface area (Å²) >= 11 is 0. The second-order valence-electron chi connectivity index (χ2n) is 10.5. The molecule has 4 unspecified atom stereocenters. The Bertz CT molecular complexity index is 493. The molecule has 35 heavy (non-hydrogen) atoms. The van der Waals surface area contributed by atoms with E-state index >= 15 is 0 Å². The number of unbranched alkanes of at least 4 members (excludes halogenated alkanes) is 18. The fourth-order valence-electron chi connectivity index (χ4n) is 5.14. The molecule has 0 aromatic heterocycles. The molecule has 204 valence electrons. The van der Waals surface area contributed by atoms with E-state index < -0.39 is 6.00 Å². The monoisotopic (exact) mass is 493 g/mol. The molecule has 1 aliphatic heterocycles. The summed E-state index contributed by atoms with van der Waals surface area (Å²) in [4.78, 5) is 12.1. The molecule has 1 N–H and O–H groups in total. The Morgan fingerprint density at radius 3 is 1.49 bits per heavy atom. The van der Waals surface area contributed by atoms with E-state index in [2.05, 4.69) is 12.2 Å². The van der Waals surface area contributed by atoms with Crippen LogP contribution in [0.4, 0.5) is 0 Å². The normalized spacial score (nSPS) is 22.0. The Labute approximate surface area is 218 Å². The molecule has 1 fully saturated rings. The SMILES string of the molecule is [B]C1OC(CNC(=O)CCCCCCCCCCCCCCCCCCCCC)C(OC)C1OC. The van der Waals surface area contributed by atoms with Gasteiger partial charge in [0.05, 0.1) is 0 Å². The zero-order chi connectivity index (χ0) is 25.6. The summed E-state index contributed by atoms with van der Waals surface area (Å²) in [6, 6.07) is -0.522. The van der Waals surface area contributed by atoms with Gasteiger partial charge in [-0.25, -0.2) is 0 Å². The number of carbonyl (C=O) groups excluding carboxylic acids is 1. The third kappa shape index (κ3) is 16.0. The Morgan fingerprint density at radius 1 is 0.686 bits per heavy atom. The van der Waals surface area contributed by atoms with Crippen molar-refractivity contribution in [1.29, 1.82) is 0 Å². The molecule has 0 aromatic rings. The second-order valence-corrected chi connectivity index (χ2v) is 10.5. The van der Waals surface area contributed by atoms with Crippen LogP contribution in [0.3, 0.4) is 0 Å². The van der Waals surface area contributed by atoms with Gasteiger partial charge in [0, 0.05) is 33.2 Å². The lowest BCUT2D eigenvalue weighted by atomic mass is 9.93. The minimum absolute atomic E-state index is 0.0739. The highest BCUT2D eigenvalue weighted by Crippen LogP contribution is 2.23. The van der Waals surface area contributed by atoms with Gasteiger partial charge in [-0.15, -0.1) is 0 Å². The van der Waals surface area contributed by atoms with Gasteiger partial charge in [-0.05, 0) is 6.42 Å². The molecule has 1 heterocycles. The highest BCUT2D eigenvalue weighted by Gasteiger charge is 2.42. The summed E-state index contributed by atoms with van der Waals surface area (Å²) in [5, 5.41) is 2.96. The summed E-state index contributed by atoms with van der Waals surface area (Å²) in [6.45, 7) is 2.69. The third-order valence-corrected chi connectivity index (χ3v) is 7.40. The van der Waals surface area contributed by atoms with Gasteiger partial charge in [0.2, 0.25) is 5.91 Å². The maximum Gasteiger partial charge on any atom is 0.220 e. The van der Waals surface area contributed by atoms with Crippen molar-refractivity contribution < 1.29 is 19.0 Å². The van der Waals surface area contributed by atoms with E-state index in [1.807, 2.05) is 0 Å². The van der Waals surface area contributed by atoms with E-state index in [9.17, 15) is 4.79 Å². The number of hydrogen-bond acceptors (Lipinski definition) is 4. The van der Waals surface area contributed by atoms with Crippen LogP contribution >= 0.6 is 0 Å². The topological polar surface area (TPSA) is 56.8 Å². The van der Waals surface area contributed by atoms with Gasteiger partial charge in [-0.2, -0.15) is 0 Å². The highest BCUT2D eigenvalue weighted by molar-refractivity contribution is 6.11. The van der Waals surface area contributed by atoms with E-state index in [0.717, 1.165) is 12.8 Å². The first-order chi connectivity index (χ1) is 17.1. The number of carbonyl (C=O) groups is 1. The van der Waals surface area contributed by atoms with Crippen molar-refractivity contribution in [2.24, 2.45) is 0 Å². The van der Waals surface area contributed by atoms with Gasteiger partial charge in [-0.3, -0.25) is 4.79 Å². The molecule has 1 rings (SSSR count). The van der Waals surface area contributed by atoms with Crippen molar-refractivity contribution in [3.63, 3.8) is 0 Å². The van der Waals surface area contributed by atoms with Crippen LogP contribution in [0.15, 0.2) is 0 Å². The molecule has 0 bridgehead atoms. The molecule has 5 nitrogen and oxygen atoms in total. The zero-order valence-electron chi connectivity index (χ0n) is 23.4. The first-order valence-corrected chi connectivity index (χ1v) is 14.9. The van der Waals surface area contributed by atoms with E-state index in [4.69, 9.17) is 22.1 Å². The van der Waals surface area contributed by atoms with Crippen molar-refractivity contribution >= 4 is 13.8 Å². The standard InChI is InChI=1S/C29H56BNO4/c1-4-5-6-7-8-9-10-11-12-13-14-15-16-17-18-19-20-21-22-23-26(32)31-24-25-27(33-2)28(34-3)29(30)35-25/h25,27-29H,4-24H2,1-3H3,(H,31,32). The lowest BCUT2D eigenvalue weighted by Crippen LogP contribution is -2.41. The third-order valence-electron chi connectivity index (χ3n) is 7.40. The summed E-state index contributed by atoms with van der Waals surface area (Å²) in [5.41, 5.74) is 0. The molecule has 0 aromatic carbocycles. The van der Waals surface area contributed by atoms with E-state index in [0.29, 0.717) is 13.0 Å². The largest absolute Gasteiger partial charge is 0.377 e. The average molecular weight is 494 g/mol. The van der Waals surface area contributed by atoms with Gasteiger partial charge >= 0.3 is 0 Å². The van der Waals surface area contributed by atoms with Gasteiger partial charge in [0.15, 0.2) is 0 Å². The van der Waals surface area contributed by atoms with Crippen LogP contribution in [0.25, 0.3) is 0 Å². The van der Waals surface area contributed by atoms with Crippen molar-refractivity contribution in [2.45, 2.75) is 160 Å². The van der Waals surface area contributed by atoms with Crippen LogP contribution in [-0.2, 0) is 19.0 Å². The predicted octanol–water partition coefficient (Wildman–Crippen LogP) is 6.85.